The molecule has 0 saturated carbocycles. The van der Waals surface area contributed by atoms with Crippen molar-refractivity contribution in [3.05, 3.63) is 42.1 Å². The van der Waals surface area contributed by atoms with Crippen LogP contribution in [0, 0.1) is 0 Å². The SMILES string of the molecule is CN(Cc1cnc2ccccc2c1)C1CCNC1. The maximum absolute atomic E-state index is 4.52. The fourth-order valence-electron chi connectivity index (χ4n) is 2.64. The molecule has 0 spiro atoms. The largest absolute Gasteiger partial charge is 0.315 e. The van der Waals surface area contributed by atoms with Crippen molar-refractivity contribution in [2.75, 3.05) is 20.1 Å². The summed E-state index contributed by atoms with van der Waals surface area (Å²) in [4.78, 5) is 6.94. The molecule has 3 nitrogen and oxygen atoms in total. The fraction of sp³-hybridized carbons (Fsp3) is 0.400. The van der Waals surface area contributed by atoms with Gasteiger partial charge in [0.15, 0.2) is 0 Å². The molecule has 1 aromatic heterocycles. The second-order valence-electron chi connectivity index (χ2n) is 5.10. The molecule has 0 radical (unpaired) electrons. The molecule has 0 bridgehead atoms. The van der Waals surface area contributed by atoms with Gasteiger partial charge in [-0.15, -0.1) is 0 Å². The number of fused-ring (bicyclic) bond motifs is 1. The molecule has 1 fully saturated rings. The minimum Gasteiger partial charge on any atom is -0.315 e. The van der Waals surface area contributed by atoms with Gasteiger partial charge in [0.2, 0.25) is 0 Å². The molecule has 1 unspecified atom stereocenters. The van der Waals surface area contributed by atoms with E-state index in [-0.39, 0.29) is 0 Å². The lowest BCUT2D eigenvalue weighted by atomic mass is 10.1. The molecule has 94 valence electrons. The minimum atomic E-state index is 0.663. The average molecular weight is 241 g/mol. The Labute approximate surface area is 108 Å². The smallest absolute Gasteiger partial charge is 0.0702 e. The highest BCUT2D eigenvalue weighted by molar-refractivity contribution is 5.78. The molecule has 2 heterocycles. The molecule has 18 heavy (non-hydrogen) atoms. The second kappa shape index (κ2) is 5.04. The number of pyridine rings is 1. The van der Waals surface area contributed by atoms with Crippen molar-refractivity contribution in [1.82, 2.24) is 15.2 Å². The van der Waals surface area contributed by atoms with Crippen LogP contribution >= 0.6 is 0 Å². The third kappa shape index (κ3) is 2.37. The first-order valence-corrected chi connectivity index (χ1v) is 6.57. The summed E-state index contributed by atoms with van der Waals surface area (Å²) in [6.45, 7) is 3.23. The molecule has 1 atom stereocenters. The number of nitrogens with zero attached hydrogens (tertiary/aromatic N) is 2. The Morgan fingerprint density at radius 1 is 1.39 bits per heavy atom. The third-order valence-electron chi connectivity index (χ3n) is 3.74. The van der Waals surface area contributed by atoms with Crippen molar-refractivity contribution >= 4 is 10.9 Å². The molecule has 3 heteroatoms. The van der Waals surface area contributed by atoms with E-state index in [0.29, 0.717) is 6.04 Å². The molecular weight excluding hydrogens is 222 g/mol. The molecule has 1 aliphatic rings. The summed E-state index contributed by atoms with van der Waals surface area (Å²) in [5, 5.41) is 4.64. The fourth-order valence-corrected chi connectivity index (χ4v) is 2.64. The zero-order valence-corrected chi connectivity index (χ0v) is 10.8. The number of aromatic nitrogens is 1. The van der Waals surface area contributed by atoms with Crippen LogP contribution in [0.25, 0.3) is 10.9 Å². The standard InChI is InChI=1S/C15H19N3/c1-18(14-6-7-16-10-14)11-12-8-13-4-2-3-5-15(13)17-9-12/h2-5,8-9,14,16H,6-7,10-11H2,1H3. The molecule has 1 N–H and O–H groups in total. The van der Waals surface area contributed by atoms with Gasteiger partial charge in [-0.2, -0.15) is 0 Å². The first kappa shape index (κ1) is 11.6. The topological polar surface area (TPSA) is 28.2 Å². The summed E-state index contributed by atoms with van der Waals surface area (Å²) < 4.78 is 0. The monoisotopic (exact) mass is 241 g/mol. The van der Waals surface area contributed by atoms with Crippen molar-refractivity contribution in [2.45, 2.75) is 19.0 Å². The van der Waals surface area contributed by atoms with Gasteiger partial charge in [0, 0.05) is 30.7 Å². The van der Waals surface area contributed by atoms with E-state index in [2.05, 4.69) is 46.5 Å². The maximum Gasteiger partial charge on any atom is 0.0702 e. The molecule has 1 aromatic carbocycles. The Hall–Kier alpha value is -1.45. The highest BCUT2D eigenvalue weighted by Crippen LogP contribution is 2.15. The average Bonchev–Trinajstić information content (AvgIpc) is 2.92. The Morgan fingerprint density at radius 3 is 3.11 bits per heavy atom. The van der Waals surface area contributed by atoms with Gasteiger partial charge in [0.1, 0.15) is 0 Å². The number of hydrogen-bond acceptors (Lipinski definition) is 3. The number of para-hydroxylation sites is 1. The van der Waals surface area contributed by atoms with Crippen LogP contribution in [0.15, 0.2) is 36.5 Å². The van der Waals surface area contributed by atoms with Gasteiger partial charge < -0.3 is 5.32 Å². The Bertz CT molecular complexity index is 532. The molecule has 1 saturated heterocycles. The van der Waals surface area contributed by atoms with Crippen LogP contribution in [0.1, 0.15) is 12.0 Å². The summed E-state index contributed by atoms with van der Waals surface area (Å²) in [6.07, 6.45) is 3.25. The van der Waals surface area contributed by atoms with Gasteiger partial charge in [-0.25, -0.2) is 0 Å². The van der Waals surface area contributed by atoms with E-state index in [4.69, 9.17) is 0 Å². The highest BCUT2D eigenvalue weighted by atomic mass is 15.2. The molecule has 0 aliphatic carbocycles. The van der Waals surface area contributed by atoms with Gasteiger partial charge in [-0.05, 0) is 37.7 Å². The third-order valence-corrected chi connectivity index (χ3v) is 3.74. The Morgan fingerprint density at radius 2 is 2.28 bits per heavy atom. The van der Waals surface area contributed by atoms with Crippen LogP contribution < -0.4 is 5.32 Å². The predicted molar refractivity (Wildman–Crippen MR) is 74.5 cm³/mol. The molecular formula is C15H19N3. The van der Waals surface area contributed by atoms with E-state index < -0.39 is 0 Å². The molecule has 2 aromatic rings. The van der Waals surface area contributed by atoms with Crippen molar-refractivity contribution in [3.8, 4) is 0 Å². The van der Waals surface area contributed by atoms with Crippen molar-refractivity contribution in [3.63, 3.8) is 0 Å². The van der Waals surface area contributed by atoms with Crippen LogP contribution in [0.5, 0.6) is 0 Å². The van der Waals surface area contributed by atoms with Crippen molar-refractivity contribution < 1.29 is 0 Å². The maximum atomic E-state index is 4.52. The van der Waals surface area contributed by atoms with E-state index in [1.54, 1.807) is 0 Å². The normalized spacial score (nSPS) is 19.8. The van der Waals surface area contributed by atoms with Gasteiger partial charge in [-0.1, -0.05) is 18.2 Å². The van der Waals surface area contributed by atoms with E-state index >= 15 is 0 Å². The van der Waals surface area contributed by atoms with E-state index in [9.17, 15) is 0 Å². The van der Waals surface area contributed by atoms with Crippen molar-refractivity contribution in [1.29, 1.82) is 0 Å². The van der Waals surface area contributed by atoms with Crippen LogP contribution in [0.2, 0.25) is 0 Å². The highest BCUT2D eigenvalue weighted by Gasteiger charge is 2.19. The van der Waals surface area contributed by atoms with Gasteiger partial charge in [0.05, 0.1) is 5.52 Å². The van der Waals surface area contributed by atoms with Crippen LogP contribution in [0.3, 0.4) is 0 Å². The Balaban J connectivity index is 1.77. The molecule has 1 aliphatic heterocycles. The summed E-state index contributed by atoms with van der Waals surface area (Å²) in [5.41, 5.74) is 2.37. The van der Waals surface area contributed by atoms with Gasteiger partial charge in [0.25, 0.3) is 0 Å². The van der Waals surface area contributed by atoms with E-state index in [0.717, 1.165) is 25.2 Å². The van der Waals surface area contributed by atoms with Crippen LogP contribution in [0.4, 0.5) is 0 Å². The second-order valence-corrected chi connectivity index (χ2v) is 5.10. The molecule has 0 amide bonds. The quantitative estimate of drug-likeness (QED) is 0.891. The Kier molecular flexibility index (Phi) is 3.26. The minimum absolute atomic E-state index is 0.663. The summed E-state index contributed by atoms with van der Waals surface area (Å²) in [5.74, 6) is 0. The number of rotatable bonds is 3. The first-order chi connectivity index (χ1) is 8.83. The number of nitrogens with one attached hydrogen (secondary N) is 1. The van der Waals surface area contributed by atoms with Crippen LogP contribution in [-0.4, -0.2) is 36.1 Å². The zero-order chi connectivity index (χ0) is 12.4. The number of hydrogen-bond donors (Lipinski definition) is 1. The lowest BCUT2D eigenvalue weighted by Gasteiger charge is -2.23. The van der Waals surface area contributed by atoms with Crippen LogP contribution in [-0.2, 0) is 6.54 Å². The lowest BCUT2D eigenvalue weighted by molar-refractivity contribution is 0.249. The lowest BCUT2D eigenvalue weighted by Crippen LogP contribution is -2.32. The molecule has 3 rings (SSSR count). The number of benzene rings is 1. The van der Waals surface area contributed by atoms with Gasteiger partial charge in [-0.3, -0.25) is 9.88 Å². The number of likely N-dealkylation sites (N-methyl/N-ethyl adjacent to an activating group) is 1. The van der Waals surface area contributed by atoms with E-state index in [1.807, 2.05) is 12.3 Å². The summed E-state index contributed by atoms with van der Waals surface area (Å²) in [7, 11) is 2.20. The van der Waals surface area contributed by atoms with E-state index in [1.165, 1.54) is 17.4 Å². The van der Waals surface area contributed by atoms with Gasteiger partial charge >= 0.3 is 0 Å². The first-order valence-electron chi connectivity index (χ1n) is 6.57. The predicted octanol–water partition coefficient (Wildman–Crippen LogP) is 2.03. The zero-order valence-electron chi connectivity index (χ0n) is 10.8. The van der Waals surface area contributed by atoms with Crippen molar-refractivity contribution in [2.24, 2.45) is 0 Å². The summed E-state index contributed by atoms with van der Waals surface area (Å²) >= 11 is 0. The summed E-state index contributed by atoms with van der Waals surface area (Å²) in [6, 6.07) is 11.2.